The third-order valence-electron chi connectivity index (χ3n) is 7.33. The van der Waals surface area contributed by atoms with E-state index in [1.54, 1.807) is 6.92 Å². The molecule has 0 radical (unpaired) electrons. The lowest BCUT2D eigenvalue weighted by molar-refractivity contribution is -0.141. The van der Waals surface area contributed by atoms with Gasteiger partial charge in [0.2, 0.25) is 11.6 Å². The number of carbonyl (C=O) groups excluding carboxylic acids is 1. The topological polar surface area (TPSA) is 35.5 Å². The molecule has 30 heavy (non-hydrogen) atoms. The molecule has 0 aliphatic heterocycles. The van der Waals surface area contributed by atoms with Crippen molar-refractivity contribution in [2.75, 3.05) is 6.61 Å². The van der Waals surface area contributed by atoms with Gasteiger partial charge in [0.05, 0.1) is 12.5 Å². The molecule has 0 amide bonds. The van der Waals surface area contributed by atoms with E-state index < -0.39 is 17.6 Å². The first-order valence-corrected chi connectivity index (χ1v) is 11.8. The Morgan fingerprint density at radius 3 is 2.27 bits per heavy atom. The Hall–Kier alpha value is -1.65. The monoisotopic (exact) mass is 422 g/mol. The molecule has 0 saturated heterocycles. The maximum absolute atomic E-state index is 14.3. The van der Waals surface area contributed by atoms with Crippen LogP contribution in [0.3, 0.4) is 0 Å². The van der Waals surface area contributed by atoms with Gasteiger partial charge in [-0.15, -0.1) is 0 Å². The summed E-state index contributed by atoms with van der Waals surface area (Å²) in [6, 6.07) is 2.58. The number of benzene rings is 1. The highest BCUT2D eigenvalue weighted by Crippen LogP contribution is 2.52. The molecule has 0 N–H and O–H groups in total. The molecule has 2 aliphatic carbocycles. The SMILES string of the molecule is CCCCC1(C2CCC(C(=O)Oc3ccc(OCC)c(F)c3F)CC2)CCCCC1. The van der Waals surface area contributed by atoms with E-state index in [-0.39, 0.29) is 24.0 Å². The van der Waals surface area contributed by atoms with Gasteiger partial charge < -0.3 is 9.47 Å². The number of unbranched alkanes of at least 4 members (excludes halogenated alkanes) is 1. The molecule has 1 aromatic carbocycles. The van der Waals surface area contributed by atoms with Crippen LogP contribution in [0.1, 0.15) is 90.9 Å². The van der Waals surface area contributed by atoms with E-state index in [2.05, 4.69) is 6.92 Å². The summed E-state index contributed by atoms with van der Waals surface area (Å²) in [7, 11) is 0. The molecule has 2 aliphatic rings. The van der Waals surface area contributed by atoms with Crippen LogP contribution in [0.2, 0.25) is 0 Å². The van der Waals surface area contributed by atoms with E-state index in [4.69, 9.17) is 9.47 Å². The van der Waals surface area contributed by atoms with Gasteiger partial charge in [0.15, 0.2) is 11.5 Å². The Kier molecular flexibility index (Phi) is 8.13. The van der Waals surface area contributed by atoms with E-state index in [1.807, 2.05) is 0 Å². The van der Waals surface area contributed by atoms with E-state index >= 15 is 0 Å². The molecule has 0 heterocycles. The number of halogens is 2. The predicted molar refractivity (Wildman–Crippen MR) is 114 cm³/mol. The van der Waals surface area contributed by atoms with Crippen LogP contribution in [-0.2, 0) is 4.79 Å². The molecule has 1 aromatic rings. The van der Waals surface area contributed by atoms with Gasteiger partial charge in [-0.25, -0.2) is 0 Å². The van der Waals surface area contributed by atoms with Crippen LogP contribution >= 0.6 is 0 Å². The van der Waals surface area contributed by atoms with Gasteiger partial charge in [0, 0.05) is 0 Å². The van der Waals surface area contributed by atoms with Gasteiger partial charge in [0.25, 0.3) is 0 Å². The van der Waals surface area contributed by atoms with Gasteiger partial charge in [-0.05, 0) is 75.3 Å². The average molecular weight is 423 g/mol. The summed E-state index contributed by atoms with van der Waals surface area (Å²) in [6.07, 6.45) is 14.1. The number of carbonyl (C=O) groups is 1. The number of ether oxygens (including phenoxy) is 2. The lowest BCUT2D eigenvalue weighted by atomic mass is 9.59. The van der Waals surface area contributed by atoms with Crippen molar-refractivity contribution in [2.24, 2.45) is 17.3 Å². The van der Waals surface area contributed by atoms with Crippen LogP contribution in [0.25, 0.3) is 0 Å². The summed E-state index contributed by atoms with van der Waals surface area (Å²) in [6.45, 7) is 4.19. The van der Waals surface area contributed by atoms with E-state index in [0.29, 0.717) is 11.3 Å². The van der Waals surface area contributed by atoms with Crippen molar-refractivity contribution in [1.82, 2.24) is 0 Å². The first kappa shape index (κ1) is 23.0. The molecule has 3 rings (SSSR count). The normalized spacial score (nSPS) is 23.7. The molecule has 5 heteroatoms. The summed E-state index contributed by atoms with van der Waals surface area (Å²) < 4.78 is 38.6. The van der Waals surface area contributed by atoms with Crippen LogP contribution in [-0.4, -0.2) is 12.6 Å². The van der Waals surface area contributed by atoms with E-state index in [9.17, 15) is 13.6 Å². The first-order valence-electron chi connectivity index (χ1n) is 11.8. The average Bonchev–Trinajstić information content (AvgIpc) is 2.78. The van der Waals surface area contributed by atoms with Crippen LogP contribution in [0.15, 0.2) is 12.1 Å². The third-order valence-corrected chi connectivity index (χ3v) is 7.33. The van der Waals surface area contributed by atoms with E-state index in [1.165, 1.54) is 63.5 Å². The molecular formula is C25H36F2O3. The highest BCUT2D eigenvalue weighted by atomic mass is 19.2. The van der Waals surface area contributed by atoms with Gasteiger partial charge in [-0.1, -0.05) is 39.0 Å². The molecule has 2 fully saturated rings. The largest absolute Gasteiger partial charge is 0.491 e. The summed E-state index contributed by atoms with van der Waals surface area (Å²) in [5.74, 6) is -2.79. The van der Waals surface area contributed by atoms with Gasteiger partial charge in [-0.3, -0.25) is 4.79 Å². The molecule has 2 saturated carbocycles. The Morgan fingerprint density at radius 2 is 1.63 bits per heavy atom. The van der Waals surface area contributed by atoms with Gasteiger partial charge in [-0.2, -0.15) is 8.78 Å². The van der Waals surface area contributed by atoms with Crippen molar-refractivity contribution in [1.29, 1.82) is 0 Å². The molecule has 0 bridgehead atoms. The lowest BCUT2D eigenvalue weighted by Crippen LogP contribution is -2.37. The minimum atomic E-state index is -1.16. The standard InChI is InChI=1S/C25H36F2O3/c1-3-5-15-25(16-7-6-8-17-25)19-11-9-18(10-12-19)24(28)30-21-14-13-20(29-4-2)22(26)23(21)27/h13-14,18-19H,3-12,15-17H2,1-2H3. The van der Waals surface area contributed by atoms with Crippen molar-refractivity contribution in [2.45, 2.75) is 90.9 Å². The molecule has 3 nitrogen and oxygen atoms in total. The first-order chi connectivity index (χ1) is 14.5. The maximum Gasteiger partial charge on any atom is 0.314 e. The van der Waals surface area contributed by atoms with Crippen molar-refractivity contribution < 1.29 is 23.0 Å². The fourth-order valence-corrected chi connectivity index (χ4v) is 5.64. The zero-order chi connectivity index (χ0) is 21.6. The highest BCUT2D eigenvalue weighted by molar-refractivity contribution is 5.75. The zero-order valence-electron chi connectivity index (χ0n) is 18.5. The van der Waals surface area contributed by atoms with Gasteiger partial charge in [0.1, 0.15) is 0 Å². The maximum atomic E-state index is 14.3. The molecule has 168 valence electrons. The van der Waals surface area contributed by atoms with Crippen molar-refractivity contribution in [3.8, 4) is 11.5 Å². The Bertz CT molecular complexity index is 705. The molecular weight excluding hydrogens is 386 g/mol. The zero-order valence-corrected chi connectivity index (χ0v) is 18.5. The predicted octanol–water partition coefficient (Wildman–Crippen LogP) is 7.22. The summed E-state index contributed by atoms with van der Waals surface area (Å²) in [5, 5.41) is 0. The Labute approximate surface area is 179 Å². The highest BCUT2D eigenvalue weighted by Gasteiger charge is 2.41. The quantitative estimate of drug-likeness (QED) is 0.328. The van der Waals surface area contributed by atoms with Crippen LogP contribution in [0.5, 0.6) is 11.5 Å². The Balaban J connectivity index is 1.59. The summed E-state index contributed by atoms with van der Waals surface area (Å²) >= 11 is 0. The lowest BCUT2D eigenvalue weighted by Gasteiger charge is -2.46. The number of hydrogen-bond donors (Lipinski definition) is 0. The second kappa shape index (κ2) is 10.6. The number of rotatable bonds is 8. The fraction of sp³-hybridized carbons (Fsp3) is 0.720. The Morgan fingerprint density at radius 1 is 1.00 bits per heavy atom. The smallest absolute Gasteiger partial charge is 0.314 e. The second-order valence-corrected chi connectivity index (χ2v) is 9.12. The fourth-order valence-electron chi connectivity index (χ4n) is 5.64. The van der Waals surface area contributed by atoms with Crippen LogP contribution in [0, 0.1) is 28.9 Å². The van der Waals surface area contributed by atoms with Crippen molar-refractivity contribution in [3.05, 3.63) is 23.8 Å². The number of esters is 1. The molecule has 0 atom stereocenters. The third kappa shape index (κ3) is 5.15. The minimum absolute atomic E-state index is 0.167. The van der Waals surface area contributed by atoms with Crippen LogP contribution in [0.4, 0.5) is 8.78 Å². The second-order valence-electron chi connectivity index (χ2n) is 9.12. The molecule has 0 spiro atoms. The summed E-state index contributed by atoms with van der Waals surface area (Å²) in [4.78, 5) is 12.6. The molecule has 0 unspecified atom stereocenters. The molecule has 0 aromatic heterocycles. The van der Waals surface area contributed by atoms with Gasteiger partial charge >= 0.3 is 5.97 Å². The van der Waals surface area contributed by atoms with Crippen molar-refractivity contribution >= 4 is 5.97 Å². The number of hydrogen-bond acceptors (Lipinski definition) is 3. The van der Waals surface area contributed by atoms with E-state index in [0.717, 1.165) is 25.7 Å². The van der Waals surface area contributed by atoms with Crippen molar-refractivity contribution in [3.63, 3.8) is 0 Å². The van der Waals surface area contributed by atoms with Crippen LogP contribution < -0.4 is 9.47 Å². The minimum Gasteiger partial charge on any atom is -0.491 e. The summed E-state index contributed by atoms with van der Waals surface area (Å²) in [5.41, 5.74) is 0.452.